The Bertz CT molecular complexity index is 1600. The molecular weight excluding hydrogens is 588 g/mol. The SMILES string of the molecule is CCNCCN(CC)C(=O)OC(C)[n+]1cnn(CC(O)(c2cc(F)ccc2F)C(C)c2nc(-c3ccc(C#N)cc3)cs2)c1. The molecule has 0 bridgehead atoms. The van der Waals surface area contributed by atoms with E-state index in [0.29, 0.717) is 35.9 Å². The number of nitrogens with zero attached hydrogens (tertiary/aromatic N) is 6. The Hall–Kier alpha value is -4.25. The standard InChI is InChI=1S/C31H36F2N7O3S/c1-5-35-13-14-38(6-2)30(41)43-22(4)39-19-36-40(20-39)18-31(42,26-15-25(32)11-12-27(26)33)21(3)29-37-28(17-44-29)24-9-7-23(16-34)8-10-24/h7-12,15,17,19-22,35,42H,5-6,13-14,18H2,1-4H3/q+1. The van der Waals surface area contributed by atoms with Crippen molar-refractivity contribution in [2.45, 2.75) is 52.0 Å². The fourth-order valence-electron chi connectivity index (χ4n) is 4.73. The lowest BCUT2D eigenvalue weighted by molar-refractivity contribution is -0.753. The molecule has 3 unspecified atom stereocenters. The van der Waals surface area contributed by atoms with E-state index < -0.39 is 35.5 Å². The first-order valence-corrected chi connectivity index (χ1v) is 15.2. The number of likely N-dealkylation sites (N-methyl/N-ethyl adjacent to an activating group) is 2. The molecule has 0 aliphatic rings. The van der Waals surface area contributed by atoms with Crippen LogP contribution in [-0.4, -0.2) is 57.0 Å². The number of carbonyl (C=O) groups excluding carboxylic acids is 1. The fraction of sp³-hybridized carbons (Fsp3) is 0.387. The monoisotopic (exact) mass is 624 g/mol. The van der Waals surface area contributed by atoms with Gasteiger partial charge in [0, 0.05) is 54.1 Å². The van der Waals surface area contributed by atoms with Gasteiger partial charge < -0.3 is 20.1 Å². The van der Waals surface area contributed by atoms with Gasteiger partial charge in [0.05, 0.1) is 22.3 Å². The van der Waals surface area contributed by atoms with Gasteiger partial charge in [0.2, 0.25) is 12.6 Å². The summed E-state index contributed by atoms with van der Waals surface area (Å²) < 4.78 is 38.2. The third kappa shape index (κ3) is 7.45. The molecule has 0 spiro atoms. The van der Waals surface area contributed by atoms with Crippen LogP contribution in [0.2, 0.25) is 0 Å². The van der Waals surface area contributed by atoms with E-state index in [4.69, 9.17) is 15.0 Å². The van der Waals surface area contributed by atoms with E-state index in [1.807, 2.05) is 19.2 Å². The smallest absolute Gasteiger partial charge is 0.412 e. The second-order valence-corrected chi connectivity index (χ2v) is 11.2. The average molecular weight is 625 g/mol. The number of aliphatic hydroxyl groups is 1. The maximum Gasteiger partial charge on any atom is 0.412 e. The van der Waals surface area contributed by atoms with Gasteiger partial charge in [-0.3, -0.25) is 0 Å². The molecule has 0 aliphatic carbocycles. The lowest BCUT2D eigenvalue weighted by Crippen LogP contribution is -2.44. The van der Waals surface area contributed by atoms with Crippen LogP contribution < -0.4 is 9.88 Å². The molecular formula is C31H36F2N7O3S+. The van der Waals surface area contributed by atoms with Crippen molar-refractivity contribution in [2.24, 2.45) is 0 Å². The maximum absolute atomic E-state index is 15.2. The summed E-state index contributed by atoms with van der Waals surface area (Å²) in [4.78, 5) is 19.0. The molecule has 0 fully saturated rings. The van der Waals surface area contributed by atoms with Gasteiger partial charge in [-0.2, -0.15) is 9.83 Å². The topological polar surface area (TPSA) is 120 Å². The van der Waals surface area contributed by atoms with Crippen molar-refractivity contribution in [3.8, 4) is 17.3 Å². The second-order valence-electron chi connectivity index (χ2n) is 10.3. The summed E-state index contributed by atoms with van der Waals surface area (Å²) in [6.45, 7) is 9.39. The van der Waals surface area contributed by atoms with Crippen molar-refractivity contribution >= 4 is 17.4 Å². The highest BCUT2D eigenvalue weighted by molar-refractivity contribution is 7.10. The molecule has 2 aromatic carbocycles. The lowest BCUT2D eigenvalue weighted by atomic mass is 9.82. The molecule has 4 rings (SSSR count). The third-order valence-electron chi connectivity index (χ3n) is 7.46. The number of hydrogen-bond acceptors (Lipinski definition) is 8. The first-order chi connectivity index (χ1) is 21.1. The zero-order valence-electron chi connectivity index (χ0n) is 25.1. The minimum atomic E-state index is -1.97. The van der Waals surface area contributed by atoms with Gasteiger partial charge in [0.1, 0.15) is 23.8 Å². The first kappa shape index (κ1) is 32.7. The van der Waals surface area contributed by atoms with Crippen LogP contribution in [0.1, 0.15) is 56.0 Å². The minimum absolute atomic E-state index is 0.235. The van der Waals surface area contributed by atoms with Gasteiger partial charge in [-0.05, 0) is 43.8 Å². The molecule has 0 saturated heterocycles. The number of nitriles is 1. The number of aromatic nitrogens is 4. The zero-order chi connectivity index (χ0) is 31.9. The first-order valence-electron chi connectivity index (χ1n) is 14.3. The molecule has 4 aromatic rings. The van der Waals surface area contributed by atoms with Crippen LogP contribution in [0.4, 0.5) is 13.6 Å². The van der Waals surface area contributed by atoms with E-state index >= 15 is 4.39 Å². The maximum atomic E-state index is 15.2. The molecule has 44 heavy (non-hydrogen) atoms. The van der Waals surface area contributed by atoms with Crippen molar-refractivity contribution in [2.75, 3.05) is 26.2 Å². The summed E-state index contributed by atoms with van der Waals surface area (Å²) >= 11 is 1.28. The number of rotatable bonds is 13. The molecule has 0 saturated carbocycles. The van der Waals surface area contributed by atoms with Crippen molar-refractivity contribution in [1.82, 2.24) is 25.0 Å². The largest absolute Gasteiger partial charge is 0.412 e. The van der Waals surface area contributed by atoms with Crippen LogP contribution in [0.5, 0.6) is 0 Å². The number of thiazole rings is 1. The number of benzene rings is 2. The highest BCUT2D eigenvalue weighted by Gasteiger charge is 2.43. The Balaban J connectivity index is 1.59. The van der Waals surface area contributed by atoms with E-state index in [1.165, 1.54) is 28.7 Å². The summed E-state index contributed by atoms with van der Waals surface area (Å²) in [5.74, 6) is -2.27. The Labute approximate surface area is 259 Å². The molecule has 2 aromatic heterocycles. The third-order valence-corrected chi connectivity index (χ3v) is 8.48. The van der Waals surface area contributed by atoms with Gasteiger partial charge in [-0.15, -0.1) is 16.0 Å². The van der Waals surface area contributed by atoms with Gasteiger partial charge in [0.25, 0.3) is 6.33 Å². The molecule has 13 heteroatoms. The summed E-state index contributed by atoms with van der Waals surface area (Å²) in [5.41, 5.74) is -0.287. The van der Waals surface area contributed by atoms with Gasteiger partial charge in [-0.1, -0.05) is 26.0 Å². The summed E-state index contributed by atoms with van der Waals surface area (Å²) in [7, 11) is 0. The number of amides is 1. The van der Waals surface area contributed by atoms with E-state index in [1.54, 1.807) is 47.6 Å². The number of carbonyl (C=O) groups is 1. The molecule has 2 N–H and O–H groups in total. The molecule has 2 heterocycles. The van der Waals surface area contributed by atoms with E-state index in [9.17, 15) is 14.3 Å². The summed E-state index contributed by atoms with van der Waals surface area (Å²) in [6, 6.07) is 12.0. The number of nitrogens with one attached hydrogen (secondary N) is 1. The van der Waals surface area contributed by atoms with Crippen LogP contribution in [0.3, 0.4) is 0 Å². The van der Waals surface area contributed by atoms with Crippen LogP contribution in [-0.2, 0) is 16.9 Å². The van der Waals surface area contributed by atoms with E-state index in [-0.39, 0.29) is 12.1 Å². The molecule has 3 atom stereocenters. The Kier molecular flexibility index (Phi) is 10.7. The van der Waals surface area contributed by atoms with E-state index in [0.717, 1.165) is 30.3 Å². The predicted octanol–water partition coefficient (Wildman–Crippen LogP) is 4.72. The molecule has 0 radical (unpaired) electrons. The molecule has 0 aliphatic heterocycles. The van der Waals surface area contributed by atoms with Gasteiger partial charge in [-0.25, -0.2) is 18.6 Å². The minimum Gasteiger partial charge on any atom is -0.412 e. The highest BCUT2D eigenvalue weighted by Crippen LogP contribution is 2.41. The van der Waals surface area contributed by atoms with Crippen molar-refractivity contribution in [3.63, 3.8) is 0 Å². The lowest BCUT2D eigenvalue weighted by Gasteiger charge is -2.32. The normalized spacial score (nSPS) is 14.0. The Morgan fingerprint density at radius 3 is 2.68 bits per heavy atom. The molecule has 232 valence electrons. The van der Waals surface area contributed by atoms with Crippen LogP contribution >= 0.6 is 11.3 Å². The Morgan fingerprint density at radius 2 is 2.00 bits per heavy atom. The Morgan fingerprint density at radius 1 is 1.25 bits per heavy atom. The summed E-state index contributed by atoms with van der Waals surface area (Å²) in [5, 5.41) is 31.1. The van der Waals surface area contributed by atoms with Crippen LogP contribution in [0.25, 0.3) is 11.3 Å². The van der Waals surface area contributed by atoms with E-state index in [2.05, 4.69) is 16.5 Å². The summed E-state index contributed by atoms with van der Waals surface area (Å²) in [6.07, 6.45) is 1.76. The quantitative estimate of drug-likeness (QED) is 0.163. The van der Waals surface area contributed by atoms with Crippen molar-refractivity contribution in [3.05, 3.63) is 88.3 Å². The predicted molar refractivity (Wildman–Crippen MR) is 160 cm³/mol. The highest BCUT2D eigenvalue weighted by atomic mass is 32.1. The fourth-order valence-corrected chi connectivity index (χ4v) is 5.70. The number of halogens is 2. The second kappa shape index (κ2) is 14.5. The number of hydrogen-bond donors (Lipinski definition) is 2. The average Bonchev–Trinajstić information content (AvgIpc) is 3.70. The van der Waals surface area contributed by atoms with Crippen LogP contribution in [0.15, 0.2) is 60.5 Å². The van der Waals surface area contributed by atoms with Crippen molar-refractivity contribution in [1.29, 1.82) is 5.26 Å². The van der Waals surface area contributed by atoms with Crippen LogP contribution in [0, 0.1) is 23.0 Å². The number of ether oxygens (including phenoxy) is 1. The molecule has 1 amide bonds. The van der Waals surface area contributed by atoms with Gasteiger partial charge >= 0.3 is 6.09 Å². The zero-order valence-corrected chi connectivity index (χ0v) is 25.9. The molecule has 10 nitrogen and oxygen atoms in total. The van der Waals surface area contributed by atoms with Gasteiger partial charge in [0.15, 0.2) is 0 Å². The van der Waals surface area contributed by atoms with Crippen molar-refractivity contribution < 1.29 is 28.0 Å².